The van der Waals surface area contributed by atoms with Gasteiger partial charge in [0.1, 0.15) is 0 Å². The zero-order chi connectivity index (χ0) is 12.7. The van der Waals surface area contributed by atoms with Crippen molar-refractivity contribution in [3.63, 3.8) is 0 Å². The van der Waals surface area contributed by atoms with Gasteiger partial charge in [-0.15, -0.1) is 0 Å². The van der Waals surface area contributed by atoms with Crippen LogP contribution in [0.3, 0.4) is 0 Å². The lowest BCUT2D eigenvalue weighted by Gasteiger charge is -2.06. The molecule has 0 aromatic carbocycles. The third-order valence-corrected chi connectivity index (χ3v) is 2.41. The van der Waals surface area contributed by atoms with E-state index in [2.05, 4.69) is 13.8 Å². The highest BCUT2D eigenvalue weighted by Crippen LogP contribution is 2.12. The minimum Gasteiger partial charge on any atom is -0.459 e. The number of hydrogen-bond donors (Lipinski definition) is 2. The third-order valence-electron chi connectivity index (χ3n) is 2.41. The molecule has 0 bridgehead atoms. The monoisotopic (exact) mass is 240 g/mol. The Labute approximate surface area is 101 Å². The van der Waals surface area contributed by atoms with Gasteiger partial charge in [-0.1, -0.05) is 13.8 Å². The number of amides is 1. The highest BCUT2D eigenvalue weighted by molar-refractivity contribution is 5.92. The van der Waals surface area contributed by atoms with Gasteiger partial charge in [-0.3, -0.25) is 10.2 Å². The van der Waals surface area contributed by atoms with Crippen LogP contribution in [-0.2, 0) is 11.3 Å². The molecule has 0 unspecified atom stereocenters. The average Bonchev–Trinajstić information content (AvgIpc) is 2.75. The lowest BCUT2D eigenvalue weighted by Crippen LogP contribution is -2.30. The van der Waals surface area contributed by atoms with E-state index < -0.39 is 5.91 Å². The summed E-state index contributed by atoms with van der Waals surface area (Å²) < 4.78 is 10.5. The van der Waals surface area contributed by atoms with E-state index in [9.17, 15) is 4.79 Å². The Bertz CT molecular complexity index is 347. The van der Waals surface area contributed by atoms with Gasteiger partial charge in [0.05, 0.1) is 12.9 Å². The van der Waals surface area contributed by atoms with Crippen molar-refractivity contribution in [1.82, 2.24) is 5.43 Å². The minimum absolute atomic E-state index is 0.219. The smallest absolute Gasteiger partial charge is 0.301 e. The summed E-state index contributed by atoms with van der Waals surface area (Å²) in [5.74, 6) is 5.51. The Morgan fingerprint density at radius 2 is 2.35 bits per heavy atom. The van der Waals surface area contributed by atoms with Crippen LogP contribution in [0, 0.1) is 5.92 Å². The number of hydrazine groups is 1. The van der Waals surface area contributed by atoms with Crippen molar-refractivity contribution < 1.29 is 13.9 Å². The van der Waals surface area contributed by atoms with Gasteiger partial charge in [0.2, 0.25) is 0 Å². The van der Waals surface area contributed by atoms with Crippen molar-refractivity contribution in [2.24, 2.45) is 11.8 Å². The van der Waals surface area contributed by atoms with Crippen molar-refractivity contribution in [3.05, 3.63) is 23.7 Å². The summed E-state index contributed by atoms with van der Waals surface area (Å²) in [6.07, 6.45) is 3.62. The Kier molecular flexibility index (Phi) is 5.72. The van der Waals surface area contributed by atoms with E-state index in [1.54, 1.807) is 6.07 Å². The molecular weight excluding hydrogens is 220 g/mol. The first-order valence-electron chi connectivity index (χ1n) is 5.80. The van der Waals surface area contributed by atoms with Gasteiger partial charge in [-0.05, 0) is 24.8 Å². The molecule has 0 atom stereocenters. The molecule has 0 aliphatic heterocycles. The number of nitrogens with one attached hydrogen (secondary N) is 1. The Balaban J connectivity index is 2.32. The highest BCUT2D eigenvalue weighted by Gasteiger charge is 2.13. The molecule has 3 N–H and O–H groups in total. The largest absolute Gasteiger partial charge is 0.459 e. The van der Waals surface area contributed by atoms with E-state index in [0.717, 1.165) is 18.4 Å². The number of carbonyl (C=O) groups excluding carboxylic acids is 1. The van der Waals surface area contributed by atoms with Crippen LogP contribution in [0.2, 0.25) is 0 Å². The van der Waals surface area contributed by atoms with Crippen LogP contribution in [0.25, 0.3) is 0 Å². The second-order valence-electron chi connectivity index (χ2n) is 4.34. The second kappa shape index (κ2) is 7.09. The zero-order valence-corrected chi connectivity index (χ0v) is 10.4. The maximum absolute atomic E-state index is 11.3. The van der Waals surface area contributed by atoms with Crippen LogP contribution in [0.4, 0.5) is 0 Å². The fourth-order valence-electron chi connectivity index (χ4n) is 1.49. The molecular formula is C12H20N2O3. The molecule has 1 aromatic heterocycles. The molecule has 1 amide bonds. The summed E-state index contributed by atoms with van der Waals surface area (Å²) in [6.45, 7) is 5.42. The summed E-state index contributed by atoms with van der Waals surface area (Å²) in [4.78, 5) is 11.3. The van der Waals surface area contributed by atoms with Crippen molar-refractivity contribution in [2.75, 3.05) is 6.61 Å². The summed E-state index contributed by atoms with van der Waals surface area (Å²) in [5, 5.41) is 0. The van der Waals surface area contributed by atoms with Crippen LogP contribution in [0.1, 0.15) is 42.8 Å². The first kappa shape index (κ1) is 13.7. The lowest BCUT2D eigenvalue weighted by atomic mass is 10.1. The number of carbonyl (C=O) groups is 1. The molecule has 5 nitrogen and oxygen atoms in total. The molecule has 17 heavy (non-hydrogen) atoms. The first-order chi connectivity index (χ1) is 8.15. The number of hydrogen-bond acceptors (Lipinski definition) is 4. The predicted molar refractivity (Wildman–Crippen MR) is 64.1 cm³/mol. The summed E-state index contributed by atoms with van der Waals surface area (Å²) >= 11 is 0. The molecule has 1 heterocycles. The van der Waals surface area contributed by atoms with Gasteiger partial charge in [0.25, 0.3) is 0 Å². The van der Waals surface area contributed by atoms with Gasteiger partial charge >= 0.3 is 5.91 Å². The van der Waals surface area contributed by atoms with Crippen molar-refractivity contribution in [1.29, 1.82) is 0 Å². The van der Waals surface area contributed by atoms with Gasteiger partial charge in [0, 0.05) is 12.2 Å². The van der Waals surface area contributed by atoms with Gasteiger partial charge in [-0.2, -0.15) is 0 Å². The van der Waals surface area contributed by atoms with Crippen LogP contribution >= 0.6 is 0 Å². The normalized spacial score (nSPS) is 10.8. The summed E-state index contributed by atoms with van der Waals surface area (Å²) in [6, 6.07) is 1.72. The highest BCUT2D eigenvalue weighted by atomic mass is 16.5. The molecule has 0 radical (unpaired) electrons. The van der Waals surface area contributed by atoms with E-state index in [1.165, 1.54) is 6.26 Å². The van der Waals surface area contributed by atoms with E-state index >= 15 is 0 Å². The van der Waals surface area contributed by atoms with Crippen molar-refractivity contribution in [3.8, 4) is 0 Å². The van der Waals surface area contributed by atoms with Crippen LogP contribution in [0.15, 0.2) is 16.7 Å². The maximum Gasteiger partial charge on any atom is 0.301 e. The standard InChI is InChI=1S/C12H20N2O3/c1-9(2)4-3-6-16-8-10-5-7-17-11(10)12(15)14-13/h5,7,9H,3-4,6,8,13H2,1-2H3,(H,14,15). The lowest BCUT2D eigenvalue weighted by molar-refractivity contribution is 0.0905. The molecule has 0 saturated carbocycles. The predicted octanol–water partition coefficient (Wildman–Crippen LogP) is 1.84. The van der Waals surface area contributed by atoms with E-state index in [1.807, 2.05) is 5.43 Å². The Hall–Kier alpha value is -1.33. The number of nitrogen functional groups attached to an aromatic ring is 1. The molecule has 0 aliphatic rings. The SMILES string of the molecule is CC(C)CCCOCc1ccoc1C(=O)NN. The van der Waals surface area contributed by atoms with Crippen LogP contribution < -0.4 is 11.3 Å². The number of nitrogens with two attached hydrogens (primary N) is 1. The molecule has 5 heteroatoms. The van der Waals surface area contributed by atoms with Gasteiger partial charge in [0.15, 0.2) is 5.76 Å². The third kappa shape index (κ3) is 4.58. The van der Waals surface area contributed by atoms with E-state index in [4.69, 9.17) is 15.0 Å². The topological polar surface area (TPSA) is 77.5 Å². The Morgan fingerprint density at radius 3 is 3.00 bits per heavy atom. The van der Waals surface area contributed by atoms with Gasteiger partial charge in [-0.25, -0.2) is 5.84 Å². The van der Waals surface area contributed by atoms with E-state index in [-0.39, 0.29) is 5.76 Å². The minimum atomic E-state index is -0.434. The zero-order valence-electron chi connectivity index (χ0n) is 10.4. The molecule has 1 rings (SSSR count). The molecule has 0 aliphatic carbocycles. The van der Waals surface area contributed by atoms with Crippen molar-refractivity contribution in [2.45, 2.75) is 33.3 Å². The van der Waals surface area contributed by atoms with Crippen LogP contribution in [-0.4, -0.2) is 12.5 Å². The molecule has 0 saturated heterocycles. The number of furan rings is 1. The first-order valence-corrected chi connectivity index (χ1v) is 5.80. The van der Waals surface area contributed by atoms with Crippen LogP contribution in [0.5, 0.6) is 0 Å². The van der Waals surface area contributed by atoms with Gasteiger partial charge < -0.3 is 9.15 Å². The van der Waals surface area contributed by atoms with E-state index in [0.29, 0.717) is 19.1 Å². The Morgan fingerprint density at radius 1 is 1.59 bits per heavy atom. The molecule has 96 valence electrons. The number of rotatable bonds is 7. The molecule has 0 fully saturated rings. The summed E-state index contributed by atoms with van der Waals surface area (Å²) in [5.41, 5.74) is 2.76. The summed E-state index contributed by atoms with van der Waals surface area (Å²) in [7, 11) is 0. The fourth-order valence-corrected chi connectivity index (χ4v) is 1.49. The molecule has 0 spiro atoms. The van der Waals surface area contributed by atoms with Crippen molar-refractivity contribution >= 4 is 5.91 Å². The quantitative estimate of drug-likeness (QED) is 0.330. The molecule has 1 aromatic rings. The fraction of sp³-hybridized carbons (Fsp3) is 0.583. The average molecular weight is 240 g/mol. The maximum atomic E-state index is 11.3. The second-order valence-corrected chi connectivity index (χ2v) is 4.34. The number of ether oxygens (including phenoxy) is 1.